The van der Waals surface area contributed by atoms with Gasteiger partial charge in [-0.3, -0.25) is 4.79 Å². The lowest BCUT2D eigenvalue weighted by molar-refractivity contribution is 1.14. The smallest absolute Gasteiger partial charge is 0.252 e. The first kappa shape index (κ1) is 6.97. The minimum absolute atomic E-state index is 0. The Balaban J connectivity index is 0.000000845. The second-order valence-corrected chi connectivity index (χ2v) is 2.61. The van der Waals surface area contributed by atoms with E-state index in [1.165, 1.54) is 6.33 Å². The van der Waals surface area contributed by atoms with Crippen molar-refractivity contribution in [2.75, 3.05) is 0 Å². The number of aromatic amines is 1. The number of aromatic nitrogens is 3. The Kier molecular flexibility index (Phi) is 1.40. The van der Waals surface area contributed by atoms with Crippen LogP contribution in [0.1, 0.15) is 6.99 Å². The van der Waals surface area contributed by atoms with E-state index in [0.29, 0.717) is 11.2 Å². The highest BCUT2D eigenvalue weighted by Gasteiger charge is 1.97. The van der Waals surface area contributed by atoms with Gasteiger partial charge in [0.25, 0.3) is 5.56 Å². The summed E-state index contributed by atoms with van der Waals surface area (Å²) in [4.78, 5) is 21.5. The lowest BCUT2D eigenvalue weighted by Gasteiger charge is -1.95. The molecule has 2 heterocycles. The fourth-order valence-corrected chi connectivity index (χ4v) is 1.06. The summed E-state index contributed by atoms with van der Waals surface area (Å²) >= 11 is 0. The molecule has 1 N–H and O–H groups in total. The Morgan fingerprint density at radius 3 is 3.25 bits per heavy atom. The quantitative estimate of drug-likeness (QED) is 0.627. The predicted molar refractivity (Wildman–Crippen MR) is 47.0 cm³/mol. The van der Waals surface area contributed by atoms with E-state index < -0.39 is 0 Å². The molecule has 0 radical (unpaired) electrons. The number of nitrogens with one attached hydrogen (secondary N) is 1. The molecule has 0 unspecified atom stereocenters. The molecular formula is C8H9N3O. The van der Waals surface area contributed by atoms with E-state index in [0.717, 1.165) is 5.39 Å². The van der Waals surface area contributed by atoms with Gasteiger partial charge in [-0.1, -0.05) is 0 Å². The van der Waals surface area contributed by atoms with Crippen LogP contribution in [0.5, 0.6) is 0 Å². The number of H-pyrrole nitrogens is 1. The first-order valence-corrected chi connectivity index (χ1v) is 3.57. The van der Waals surface area contributed by atoms with E-state index in [1.54, 1.807) is 19.2 Å². The number of rotatable bonds is 0. The molecule has 4 nitrogen and oxygen atoms in total. The number of fused-ring (bicyclic) bond motifs is 1. The monoisotopic (exact) mass is 163 g/mol. The molecular weight excluding hydrogens is 154 g/mol. The van der Waals surface area contributed by atoms with Crippen molar-refractivity contribution in [3.8, 4) is 0 Å². The van der Waals surface area contributed by atoms with E-state index >= 15 is 0 Å². The minimum atomic E-state index is -0.0961. The van der Waals surface area contributed by atoms with Crippen molar-refractivity contribution in [2.45, 2.75) is 6.92 Å². The van der Waals surface area contributed by atoms with Gasteiger partial charge in [-0.05, 0) is 13.0 Å². The summed E-state index contributed by atoms with van der Waals surface area (Å²) in [6.45, 7) is 1.76. The number of nitrogens with zero attached hydrogens (tertiary/aromatic N) is 2. The van der Waals surface area contributed by atoms with Gasteiger partial charge in [0.15, 0.2) is 0 Å². The molecule has 0 saturated carbocycles. The summed E-state index contributed by atoms with van der Waals surface area (Å²) in [7, 11) is 0. The van der Waals surface area contributed by atoms with Gasteiger partial charge in [0, 0.05) is 18.6 Å². The lowest BCUT2D eigenvalue weighted by atomic mass is 10.2. The molecule has 0 aromatic carbocycles. The second-order valence-electron chi connectivity index (χ2n) is 2.61. The fourth-order valence-electron chi connectivity index (χ4n) is 1.06. The number of pyridine rings is 1. The third kappa shape index (κ3) is 0.972. The van der Waals surface area contributed by atoms with Gasteiger partial charge in [-0.2, -0.15) is 0 Å². The third-order valence-electron chi connectivity index (χ3n) is 1.70. The van der Waals surface area contributed by atoms with Crippen molar-refractivity contribution in [2.24, 2.45) is 0 Å². The van der Waals surface area contributed by atoms with Gasteiger partial charge in [0.1, 0.15) is 12.0 Å². The molecule has 62 valence electrons. The molecule has 0 atom stereocenters. The van der Waals surface area contributed by atoms with Crippen molar-refractivity contribution < 1.29 is 1.43 Å². The van der Waals surface area contributed by atoms with Crippen LogP contribution in [0, 0.1) is 6.92 Å². The topological polar surface area (TPSA) is 58.6 Å². The van der Waals surface area contributed by atoms with Crippen LogP contribution in [0.25, 0.3) is 11.0 Å². The van der Waals surface area contributed by atoms with Gasteiger partial charge >= 0.3 is 0 Å². The molecule has 0 amide bonds. The summed E-state index contributed by atoms with van der Waals surface area (Å²) in [5.41, 5.74) is 1.17. The van der Waals surface area contributed by atoms with Crippen molar-refractivity contribution in [1.82, 2.24) is 15.0 Å². The van der Waals surface area contributed by atoms with Crippen LogP contribution >= 0.6 is 0 Å². The van der Waals surface area contributed by atoms with E-state index in [1.807, 2.05) is 0 Å². The van der Waals surface area contributed by atoms with E-state index in [-0.39, 0.29) is 6.99 Å². The standard InChI is InChI=1S/C8H7N3O.H2/c1-5-2-6-3-9-4-10-7(6)11-8(5)12;/h2-4H,1H3,(H,9,10,11,12);1H. The Hall–Kier alpha value is -1.71. The molecule has 0 aliphatic rings. The summed E-state index contributed by atoms with van der Waals surface area (Å²) < 4.78 is 0. The number of aryl methyl sites for hydroxylation is 1. The van der Waals surface area contributed by atoms with Crippen LogP contribution in [0.15, 0.2) is 23.4 Å². The first-order valence-electron chi connectivity index (χ1n) is 3.57. The maximum atomic E-state index is 11.1. The van der Waals surface area contributed by atoms with Crippen molar-refractivity contribution in [3.63, 3.8) is 0 Å². The summed E-state index contributed by atoms with van der Waals surface area (Å²) in [5, 5.41) is 0.856. The Bertz CT molecular complexity index is 480. The van der Waals surface area contributed by atoms with Crippen LogP contribution in [-0.4, -0.2) is 15.0 Å². The van der Waals surface area contributed by atoms with Gasteiger partial charge in [-0.15, -0.1) is 0 Å². The molecule has 0 spiro atoms. The van der Waals surface area contributed by atoms with E-state index in [2.05, 4.69) is 15.0 Å². The van der Waals surface area contributed by atoms with Crippen LogP contribution in [0.4, 0.5) is 0 Å². The second kappa shape index (κ2) is 2.41. The van der Waals surface area contributed by atoms with Gasteiger partial charge in [0.2, 0.25) is 0 Å². The zero-order chi connectivity index (χ0) is 8.55. The highest BCUT2D eigenvalue weighted by atomic mass is 16.1. The first-order chi connectivity index (χ1) is 5.77. The highest BCUT2D eigenvalue weighted by molar-refractivity contribution is 5.73. The van der Waals surface area contributed by atoms with Crippen molar-refractivity contribution >= 4 is 11.0 Å². The number of hydrogen-bond acceptors (Lipinski definition) is 3. The summed E-state index contributed by atoms with van der Waals surface area (Å²) in [6, 6.07) is 1.77. The Morgan fingerprint density at radius 1 is 1.58 bits per heavy atom. The fraction of sp³-hybridized carbons (Fsp3) is 0.125. The molecule has 0 saturated heterocycles. The molecule has 12 heavy (non-hydrogen) atoms. The van der Waals surface area contributed by atoms with E-state index in [9.17, 15) is 4.79 Å². The molecule has 2 aromatic rings. The average molecular weight is 163 g/mol. The normalized spacial score (nSPS) is 10.4. The zero-order valence-electron chi connectivity index (χ0n) is 6.53. The molecule has 0 aliphatic heterocycles. The Morgan fingerprint density at radius 2 is 2.42 bits per heavy atom. The van der Waals surface area contributed by atoms with Crippen LogP contribution in [0.2, 0.25) is 0 Å². The van der Waals surface area contributed by atoms with Gasteiger partial charge in [0.05, 0.1) is 0 Å². The highest BCUT2D eigenvalue weighted by Crippen LogP contribution is 2.04. The molecule has 4 heteroatoms. The molecule has 0 fully saturated rings. The molecule has 2 rings (SSSR count). The van der Waals surface area contributed by atoms with Crippen LogP contribution < -0.4 is 5.56 Å². The minimum Gasteiger partial charge on any atom is -0.306 e. The Labute approximate surface area is 69.8 Å². The third-order valence-corrected chi connectivity index (χ3v) is 1.70. The maximum Gasteiger partial charge on any atom is 0.252 e. The molecule has 0 aliphatic carbocycles. The predicted octanol–water partition coefficient (Wildman–Crippen LogP) is 0.873. The zero-order valence-corrected chi connectivity index (χ0v) is 6.53. The SMILES string of the molecule is Cc1cc2cncnc2[nH]c1=O.[HH]. The van der Waals surface area contributed by atoms with E-state index in [4.69, 9.17) is 0 Å². The lowest BCUT2D eigenvalue weighted by Crippen LogP contribution is -2.09. The maximum absolute atomic E-state index is 11.1. The van der Waals surface area contributed by atoms with Gasteiger partial charge in [-0.25, -0.2) is 9.97 Å². The average Bonchev–Trinajstić information content (AvgIpc) is 2.07. The van der Waals surface area contributed by atoms with Crippen molar-refractivity contribution in [3.05, 3.63) is 34.5 Å². The number of hydrogen-bond donors (Lipinski definition) is 1. The summed E-state index contributed by atoms with van der Waals surface area (Å²) in [5.74, 6) is 0. The largest absolute Gasteiger partial charge is 0.306 e. The molecule has 0 bridgehead atoms. The van der Waals surface area contributed by atoms with Crippen LogP contribution in [0.3, 0.4) is 0 Å². The summed E-state index contributed by atoms with van der Waals surface area (Å²) in [6.07, 6.45) is 3.08. The van der Waals surface area contributed by atoms with Crippen molar-refractivity contribution in [1.29, 1.82) is 0 Å². The van der Waals surface area contributed by atoms with Gasteiger partial charge < -0.3 is 4.98 Å². The molecule has 2 aromatic heterocycles. The van der Waals surface area contributed by atoms with Crippen LogP contribution in [-0.2, 0) is 0 Å².